The topological polar surface area (TPSA) is 51.2 Å². The summed E-state index contributed by atoms with van der Waals surface area (Å²) in [6.07, 6.45) is 1.79. The van der Waals surface area contributed by atoms with E-state index in [0.29, 0.717) is 5.92 Å². The molecule has 0 fully saturated rings. The van der Waals surface area contributed by atoms with E-state index in [9.17, 15) is 0 Å². The maximum absolute atomic E-state index is 5.56. The van der Waals surface area contributed by atoms with Gasteiger partial charge >= 0.3 is 0 Å². The molecule has 3 N–H and O–H groups in total. The molecule has 0 amide bonds. The minimum atomic E-state index is 0.133. The molecule has 0 aliphatic carbocycles. The molecule has 15 heavy (non-hydrogen) atoms. The highest BCUT2D eigenvalue weighted by molar-refractivity contribution is 5.81. The summed E-state index contributed by atoms with van der Waals surface area (Å²) in [5, 5.41) is 1.13. The maximum atomic E-state index is 5.56. The van der Waals surface area contributed by atoms with Gasteiger partial charge in [0.25, 0.3) is 0 Å². The van der Waals surface area contributed by atoms with E-state index in [1.165, 1.54) is 0 Å². The molecule has 0 radical (unpaired) electrons. The van der Waals surface area contributed by atoms with Crippen molar-refractivity contribution in [2.24, 2.45) is 11.8 Å². The second-order valence-electron chi connectivity index (χ2n) is 4.08. The molecule has 0 bridgehead atoms. The molecule has 0 saturated carbocycles. The van der Waals surface area contributed by atoms with E-state index in [1.54, 1.807) is 6.26 Å². The Hall–Kier alpha value is -1.32. The van der Waals surface area contributed by atoms with Crippen molar-refractivity contribution in [3.05, 3.63) is 36.1 Å². The highest BCUT2D eigenvalue weighted by Crippen LogP contribution is 2.29. The molecule has 0 saturated heterocycles. The van der Waals surface area contributed by atoms with E-state index >= 15 is 0 Å². The molecule has 2 rings (SSSR count). The second-order valence-corrected chi connectivity index (χ2v) is 4.08. The summed E-state index contributed by atoms with van der Waals surface area (Å²) in [5.41, 5.74) is 4.87. The minimum Gasteiger partial charge on any atom is -0.464 e. The monoisotopic (exact) mass is 204 g/mol. The van der Waals surface area contributed by atoms with E-state index in [2.05, 4.69) is 25.3 Å². The van der Waals surface area contributed by atoms with Gasteiger partial charge in [-0.2, -0.15) is 0 Å². The smallest absolute Gasteiger partial charge is 0.134 e. The Kier molecular flexibility index (Phi) is 2.75. The summed E-state index contributed by atoms with van der Waals surface area (Å²) in [7, 11) is 0. The highest BCUT2D eigenvalue weighted by Gasteiger charge is 2.18. The Morgan fingerprint density at radius 3 is 2.67 bits per heavy atom. The molecule has 1 atom stereocenters. The molecule has 1 heterocycles. The van der Waals surface area contributed by atoms with Crippen molar-refractivity contribution < 1.29 is 4.42 Å². The first-order valence-electron chi connectivity index (χ1n) is 5.16. The van der Waals surface area contributed by atoms with Crippen LogP contribution in [0.3, 0.4) is 0 Å². The number of benzene rings is 1. The fourth-order valence-corrected chi connectivity index (χ4v) is 1.88. The summed E-state index contributed by atoms with van der Waals surface area (Å²) >= 11 is 0. The fourth-order valence-electron chi connectivity index (χ4n) is 1.88. The molecule has 0 spiro atoms. The second kappa shape index (κ2) is 4.04. The fraction of sp³-hybridized carbons (Fsp3) is 0.333. The van der Waals surface area contributed by atoms with Crippen LogP contribution in [-0.4, -0.2) is 0 Å². The van der Waals surface area contributed by atoms with Gasteiger partial charge in [-0.1, -0.05) is 32.0 Å². The van der Waals surface area contributed by atoms with Crippen LogP contribution in [0.2, 0.25) is 0 Å². The van der Waals surface area contributed by atoms with E-state index in [1.807, 2.05) is 18.2 Å². The van der Waals surface area contributed by atoms with Gasteiger partial charge < -0.3 is 4.42 Å². The third kappa shape index (κ3) is 1.76. The molecule has 0 aliphatic heterocycles. The predicted octanol–water partition coefficient (Wildman–Crippen LogP) is 2.59. The van der Waals surface area contributed by atoms with Gasteiger partial charge in [0, 0.05) is 10.9 Å². The van der Waals surface area contributed by atoms with Crippen LogP contribution < -0.4 is 11.3 Å². The number of rotatable bonds is 3. The molecule has 80 valence electrons. The number of hydrogen-bond acceptors (Lipinski definition) is 3. The molecule has 1 aromatic carbocycles. The van der Waals surface area contributed by atoms with Crippen molar-refractivity contribution >= 4 is 11.0 Å². The first-order chi connectivity index (χ1) is 7.24. The van der Waals surface area contributed by atoms with Crippen molar-refractivity contribution in [1.82, 2.24) is 5.43 Å². The Morgan fingerprint density at radius 1 is 1.27 bits per heavy atom. The molecule has 1 unspecified atom stereocenters. The van der Waals surface area contributed by atoms with Gasteiger partial charge in [0.05, 0.1) is 12.3 Å². The van der Waals surface area contributed by atoms with Crippen LogP contribution in [0.4, 0.5) is 0 Å². The summed E-state index contributed by atoms with van der Waals surface area (Å²) in [6.45, 7) is 4.26. The van der Waals surface area contributed by atoms with Gasteiger partial charge in [-0.25, -0.2) is 0 Å². The van der Waals surface area contributed by atoms with Crippen molar-refractivity contribution in [3.63, 3.8) is 0 Å². The quantitative estimate of drug-likeness (QED) is 0.597. The van der Waals surface area contributed by atoms with Crippen molar-refractivity contribution in [2.45, 2.75) is 19.9 Å². The van der Waals surface area contributed by atoms with Crippen molar-refractivity contribution in [1.29, 1.82) is 0 Å². The van der Waals surface area contributed by atoms with Gasteiger partial charge in [0.2, 0.25) is 0 Å². The summed E-state index contributed by atoms with van der Waals surface area (Å²) in [4.78, 5) is 0. The average molecular weight is 204 g/mol. The van der Waals surface area contributed by atoms with E-state index in [0.717, 1.165) is 16.5 Å². The standard InChI is InChI=1S/C12H16N2O/c1-8(2)12(14-13)10-7-15-11-6-4-3-5-9(10)11/h3-8,12,14H,13H2,1-2H3. The number of hydrogen-bond donors (Lipinski definition) is 2. The van der Waals surface area contributed by atoms with Gasteiger partial charge in [-0.15, -0.1) is 0 Å². The van der Waals surface area contributed by atoms with Crippen LogP contribution in [0.25, 0.3) is 11.0 Å². The summed E-state index contributed by atoms with van der Waals surface area (Å²) < 4.78 is 5.49. The van der Waals surface area contributed by atoms with Gasteiger partial charge in [-0.3, -0.25) is 11.3 Å². The molecular formula is C12H16N2O. The first kappa shape index (κ1) is 10.2. The Labute approximate surface area is 89.2 Å². The number of para-hydroxylation sites is 1. The molecule has 1 aromatic heterocycles. The Balaban J connectivity index is 2.51. The maximum Gasteiger partial charge on any atom is 0.134 e. The van der Waals surface area contributed by atoms with Crippen LogP contribution in [0, 0.1) is 5.92 Å². The SMILES string of the molecule is CC(C)C(NN)c1coc2ccccc12. The van der Waals surface area contributed by atoms with Crippen molar-refractivity contribution in [3.8, 4) is 0 Å². The zero-order valence-corrected chi connectivity index (χ0v) is 9.03. The van der Waals surface area contributed by atoms with Crippen LogP contribution in [0.5, 0.6) is 0 Å². The third-order valence-corrected chi connectivity index (χ3v) is 2.69. The Bertz CT molecular complexity index is 448. The zero-order valence-electron chi connectivity index (χ0n) is 9.03. The summed E-state index contributed by atoms with van der Waals surface area (Å²) in [6, 6.07) is 8.13. The zero-order chi connectivity index (χ0) is 10.8. The van der Waals surface area contributed by atoms with E-state index in [4.69, 9.17) is 10.3 Å². The van der Waals surface area contributed by atoms with E-state index in [-0.39, 0.29) is 6.04 Å². The molecule has 3 nitrogen and oxygen atoms in total. The van der Waals surface area contributed by atoms with Crippen LogP contribution >= 0.6 is 0 Å². The van der Waals surface area contributed by atoms with Gasteiger partial charge in [0.15, 0.2) is 0 Å². The average Bonchev–Trinajstić information content (AvgIpc) is 2.63. The summed E-state index contributed by atoms with van der Waals surface area (Å²) in [5.74, 6) is 5.99. The number of nitrogens with one attached hydrogen (secondary N) is 1. The lowest BCUT2D eigenvalue weighted by atomic mass is 9.96. The predicted molar refractivity (Wildman–Crippen MR) is 61.1 cm³/mol. The van der Waals surface area contributed by atoms with Crippen LogP contribution in [0.15, 0.2) is 34.9 Å². The molecule has 3 heteroatoms. The lowest BCUT2D eigenvalue weighted by Crippen LogP contribution is -2.31. The molecular weight excluding hydrogens is 188 g/mol. The third-order valence-electron chi connectivity index (χ3n) is 2.69. The minimum absolute atomic E-state index is 0.133. The van der Waals surface area contributed by atoms with Crippen LogP contribution in [0.1, 0.15) is 25.5 Å². The Morgan fingerprint density at radius 2 is 2.00 bits per heavy atom. The van der Waals surface area contributed by atoms with E-state index < -0.39 is 0 Å². The van der Waals surface area contributed by atoms with Crippen LogP contribution in [-0.2, 0) is 0 Å². The van der Waals surface area contributed by atoms with Crippen molar-refractivity contribution in [2.75, 3.05) is 0 Å². The molecule has 2 aromatic rings. The molecule has 0 aliphatic rings. The largest absolute Gasteiger partial charge is 0.464 e. The lowest BCUT2D eigenvalue weighted by Gasteiger charge is -2.18. The normalized spacial score (nSPS) is 13.6. The number of fused-ring (bicyclic) bond motifs is 1. The van der Waals surface area contributed by atoms with Gasteiger partial charge in [-0.05, 0) is 12.0 Å². The number of hydrazine groups is 1. The highest BCUT2D eigenvalue weighted by atomic mass is 16.3. The van der Waals surface area contributed by atoms with Gasteiger partial charge in [0.1, 0.15) is 5.58 Å². The lowest BCUT2D eigenvalue weighted by molar-refractivity contribution is 0.418. The number of nitrogens with two attached hydrogens (primary N) is 1. The first-order valence-corrected chi connectivity index (χ1v) is 5.16. The number of furan rings is 1.